The van der Waals surface area contributed by atoms with Crippen LogP contribution in [0.4, 0.5) is 0 Å². The highest BCUT2D eigenvalue weighted by Crippen LogP contribution is 2.27. The van der Waals surface area contributed by atoms with Crippen molar-refractivity contribution in [2.45, 2.75) is 17.8 Å². The molecule has 12 heavy (non-hydrogen) atoms. The summed E-state index contributed by atoms with van der Waals surface area (Å²) in [5.41, 5.74) is 1.27. The number of hydrogen-bond acceptors (Lipinski definition) is 2. The van der Waals surface area contributed by atoms with E-state index < -0.39 is 0 Å². The van der Waals surface area contributed by atoms with E-state index in [0.717, 1.165) is 5.33 Å². The van der Waals surface area contributed by atoms with Gasteiger partial charge in [0.15, 0.2) is 0 Å². The smallest absolute Gasteiger partial charge is 0.0617 e. The molecule has 0 amide bonds. The third-order valence-electron chi connectivity index (χ3n) is 2.09. The molecule has 0 bridgehead atoms. The van der Waals surface area contributed by atoms with Gasteiger partial charge in [-0.25, -0.2) is 0 Å². The zero-order valence-electron chi connectivity index (χ0n) is 6.74. The van der Waals surface area contributed by atoms with Crippen molar-refractivity contribution >= 4 is 27.7 Å². The predicted molar refractivity (Wildman–Crippen MR) is 55.8 cm³/mol. The van der Waals surface area contributed by atoms with Crippen molar-refractivity contribution in [1.29, 1.82) is 0 Å². The molecular weight excluding hydrogens is 236 g/mol. The minimum absolute atomic E-state index is 0.641. The summed E-state index contributed by atoms with van der Waals surface area (Å²) in [5, 5.41) is 5.25. The van der Waals surface area contributed by atoms with Crippen LogP contribution in [0.25, 0.3) is 0 Å². The Hall–Kier alpha value is 0.0400. The van der Waals surface area contributed by atoms with Crippen molar-refractivity contribution in [3.63, 3.8) is 0 Å². The monoisotopic (exact) mass is 246 g/mol. The molecule has 0 aromatic carbocycles. The lowest BCUT2D eigenvalue weighted by Gasteiger charge is -2.07. The van der Waals surface area contributed by atoms with Crippen LogP contribution in [0.2, 0.25) is 0 Å². The molecule has 1 aliphatic heterocycles. The molecule has 1 fully saturated rings. The zero-order valence-corrected chi connectivity index (χ0v) is 9.14. The van der Waals surface area contributed by atoms with Gasteiger partial charge in [0.25, 0.3) is 0 Å². The van der Waals surface area contributed by atoms with Gasteiger partial charge in [0, 0.05) is 22.8 Å². The summed E-state index contributed by atoms with van der Waals surface area (Å²) in [6.45, 7) is 0. The molecule has 0 saturated carbocycles. The van der Waals surface area contributed by atoms with Crippen LogP contribution in [-0.4, -0.2) is 21.3 Å². The highest BCUT2D eigenvalue weighted by molar-refractivity contribution is 9.08. The predicted octanol–water partition coefficient (Wildman–Crippen LogP) is 2.46. The van der Waals surface area contributed by atoms with E-state index in [1.54, 1.807) is 0 Å². The van der Waals surface area contributed by atoms with Gasteiger partial charge in [-0.3, -0.25) is 4.68 Å². The lowest BCUT2D eigenvalue weighted by molar-refractivity contribution is 0.501. The lowest BCUT2D eigenvalue weighted by Crippen LogP contribution is -2.07. The number of aromatic nitrogens is 2. The number of halogens is 1. The molecule has 1 aromatic rings. The van der Waals surface area contributed by atoms with Crippen LogP contribution < -0.4 is 0 Å². The first kappa shape index (κ1) is 8.63. The second-order valence-electron chi connectivity index (χ2n) is 2.98. The molecule has 4 heteroatoms. The van der Waals surface area contributed by atoms with Crippen LogP contribution in [0.5, 0.6) is 0 Å². The van der Waals surface area contributed by atoms with Crippen molar-refractivity contribution in [2.24, 2.45) is 0 Å². The van der Waals surface area contributed by atoms with Crippen molar-refractivity contribution in [1.82, 2.24) is 9.78 Å². The molecule has 0 spiro atoms. The second kappa shape index (κ2) is 3.83. The van der Waals surface area contributed by atoms with Gasteiger partial charge in [0.2, 0.25) is 0 Å². The molecular formula is C8H11BrN2S. The first-order chi connectivity index (χ1) is 5.90. The molecule has 1 aromatic heterocycles. The Morgan fingerprint density at radius 3 is 3.25 bits per heavy atom. The van der Waals surface area contributed by atoms with Crippen LogP contribution in [0.15, 0.2) is 12.4 Å². The molecule has 1 saturated heterocycles. The molecule has 0 aliphatic carbocycles. The fourth-order valence-corrected chi connectivity index (χ4v) is 2.86. The fraction of sp³-hybridized carbons (Fsp3) is 0.625. The van der Waals surface area contributed by atoms with Crippen molar-refractivity contribution in [2.75, 3.05) is 11.5 Å². The van der Waals surface area contributed by atoms with Gasteiger partial charge in [0.05, 0.1) is 12.2 Å². The Morgan fingerprint density at radius 2 is 2.67 bits per heavy atom. The van der Waals surface area contributed by atoms with Crippen molar-refractivity contribution < 1.29 is 0 Å². The molecule has 1 atom stereocenters. The molecule has 66 valence electrons. The van der Waals surface area contributed by atoms with Crippen LogP contribution in [0, 0.1) is 0 Å². The normalized spacial score (nSPS) is 23.2. The number of nitrogens with zero attached hydrogens (tertiary/aromatic N) is 2. The van der Waals surface area contributed by atoms with Crippen LogP contribution in [0.1, 0.15) is 18.0 Å². The standard InChI is InChI=1S/C8H11BrN2S/c9-3-7-4-10-11(5-7)8-1-2-12-6-8/h4-5,8H,1-3,6H2. The molecule has 1 aliphatic rings. The van der Waals surface area contributed by atoms with Gasteiger partial charge in [0.1, 0.15) is 0 Å². The summed E-state index contributed by atoms with van der Waals surface area (Å²) in [7, 11) is 0. The van der Waals surface area contributed by atoms with E-state index in [1.165, 1.54) is 23.5 Å². The molecule has 2 rings (SSSR count). The maximum atomic E-state index is 4.34. The summed E-state index contributed by atoms with van der Waals surface area (Å²) < 4.78 is 2.11. The summed E-state index contributed by atoms with van der Waals surface area (Å²) in [6.07, 6.45) is 5.36. The largest absolute Gasteiger partial charge is 0.269 e. The van der Waals surface area contributed by atoms with E-state index in [9.17, 15) is 0 Å². The average molecular weight is 247 g/mol. The van der Waals surface area contributed by atoms with Crippen LogP contribution in [-0.2, 0) is 5.33 Å². The quantitative estimate of drug-likeness (QED) is 0.747. The van der Waals surface area contributed by atoms with Crippen LogP contribution >= 0.6 is 27.7 Å². The van der Waals surface area contributed by atoms with E-state index in [2.05, 4.69) is 31.9 Å². The summed E-state index contributed by atoms with van der Waals surface area (Å²) in [4.78, 5) is 0. The second-order valence-corrected chi connectivity index (χ2v) is 4.69. The van der Waals surface area contributed by atoms with E-state index >= 15 is 0 Å². The maximum Gasteiger partial charge on any atom is 0.0617 e. The zero-order chi connectivity index (χ0) is 8.39. The summed E-state index contributed by atoms with van der Waals surface area (Å²) in [5.74, 6) is 2.51. The van der Waals surface area contributed by atoms with E-state index in [4.69, 9.17) is 0 Å². The Balaban J connectivity index is 2.11. The van der Waals surface area contributed by atoms with Gasteiger partial charge in [-0.05, 0) is 12.2 Å². The number of rotatable bonds is 2. The van der Waals surface area contributed by atoms with Gasteiger partial charge >= 0.3 is 0 Å². The van der Waals surface area contributed by atoms with E-state index in [-0.39, 0.29) is 0 Å². The Bertz CT molecular complexity index is 255. The topological polar surface area (TPSA) is 17.8 Å². The Morgan fingerprint density at radius 1 is 1.75 bits per heavy atom. The minimum Gasteiger partial charge on any atom is -0.269 e. The first-order valence-electron chi connectivity index (χ1n) is 4.07. The Labute approximate surface area is 84.8 Å². The fourth-order valence-electron chi connectivity index (χ4n) is 1.38. The third-order valence-corrected chi connectivity index (χ3v) is 3.88. The minimum atomic E-state index is 0.641. The number of alkyl halides is 1. The van der Waals surface area contributed by atoms with Gasteiger partial charge in [-0.1, -0.05) is 15.9 Å². The maximum absolute atomic E-state index is 4.34. The van der Waals surface area contributed by atoms with Crippen LogP contribution in [0.3, 0.4) is 0 Å². The van der Waals surface area contributed by atoms with Crippen molar-refractivity contribution in [3.05, 3.63) is 18.0 Å². The van der Waals surface area contributed by atoms with E-state index in [1.807, 2.05) is 18.0 Å². The van der Waals surface area contributed by atoms with Crippen molar-refractivity contribution in [3.8, 4) is 0 Å². The molecule has 2 heterocycles. The van der Waals surface area contributed by atoms with Gasteiger partial charge < -0.3 is 0 Å². The van der Waals surface area contributed by atoms with E-state index in [0.29, 0.717) is 6.04 Å². The van der Waals surface area contributed by atoms with Gasteiger partial charge in [-0.15, -0.1) is 0 Å². The average Bonchev–Trinajstić information content (AvgIpc) is 2.75. The summed E-state index contributed by atoms with van der Waals surface area (Å²) in [6, 6.07) is 0.641. The molecule has 1 unspecified atom stereocenters. The summed E-state index contributed by atoms with van der Waals surface area (Å²) >= 11 is 5.44. The third kappa shape index (κ3) is 1.69. The Kier molecular flexibility index (Phi) is 2.76. The van der Waals surface area contributed by atoms with Gasteiger partial charge in [-0.2, -0.15) is 16.9 Å². The SMILES string of the molecule is BrCc1cnn(C2CCSC2)c1. The highest BCUT2D eigenvalue weighted by Gasteiger charge is 2.17. The number of hydrogen-bond donors (Lipinski definition) is 0. The highest BCUT2D eigenvalue weighted by atomic mass is 79.9. The number of thioether (sulfide) groups is 1. The first-order valence-corrected chi connectivity index (χ1v) is 6.34. The lowest BCUT2D eigenvalue weighted by atomic mass is 10.3. The molecule has 0 N–H and O–H groups in total. The molecule has 0 radical (unpaired) electrons. The molecule has 2 nitrogen and oxygen atoms in total.